The van der Waals surface area contributed by atoms with E-state index in [9.17, 15) is 4.79 Å². The lowest BCUT2D eigenvalue weighted by Gasteiger charge is -2.21. The molecule has 3 aromatic heterocycles. The molecule has 2 aliphatic carbocycles. The number of hydrogen-bond donors (Lipinski definition) is 0. The van der Waals surface area contributed by atoms with E-state index >= 15 is 0 Å². The highest BCUT2D eigenvalue weighted by molar-refractivity contribution is 5.93. The Morgan fingerprint density at radius 3 is 2.86 bits per heavy atom. The maximum atomic E-state index is 13.4. The third-order valence-corrected chi connectivity index (χ3v) is 5.91. The van der Waals surface area contributed by atoms with Crippen LogP contribution < -0.4 is 0 Å². The van der Waals surface area contributed by atoms with Gasteiger partial charge in [0.15, 0.2) is 5.69 Å². The van der Waals surface area contributed by atoms with E-state index in [4.69, 9.17) is 14.0 Å². The van der Waals surface area contributed by atoms with Gasteiger partial charge in [-0.3, -0.25) is 9.48 Å². The van der Waals surface area contributed by atoms with Crippen LogP contribution in [0.2, 0.25) is 0 Å². The van der Waals surface area contributed by atoms with E-state index in [-0.39, 0.29) is 5.91 Å². The van der Waals surface area contributed by atoms with Crippen LogP contribution in [0, 0.1) is 0 Å². The summed E-state index contributed by atoms with van der Waals surface area (Å²) in [7, 11) is 1.99. The molecule has 0 bridgehead atoms. The molecule has 0 N–H and O–H groups in total. The Morgan fingerprint density at radius 2 is 2.00 bits per heavy atom. The Balaban J connectivity index is 1.47. The predicted molar refractivity (Wildman–Crippen MR) is 101 cm³/mol. The zero-order valence-corrected chi connectivity index (χ0v) is 16.1. The number of aryl methyl sites for hydroxylation is 2. The Bertz CT molecular complexity index is 999. The number of carbonyl (C=O) groups excluding carboxylic acids is 1. The molecule has 0 aliphatic heterocycles. The minimum Gasteiger partial charge on any atom is -0.467 e. The smallest absolute Gasteiger partial charge is 0.277 e. The molecule has 28 heavy (non-hydrogen) atoms. The summed E-state index contributed by atoms with van der Waals surface area (Å²) in [5.41, 5.74) is 4.99. The molecule has 5 rings (SSSR count). The van der Waals surface area contributed by atoms with Crippen molar-refractivity contribution >= 4 is 5.91 Å². The van der Waals surface area contributed by atoms with E-state index in [1.807, 2.05) is 23.9 Å². The van der Waals surface area contributed by atoms with Crippen molar-refractivity contribution in [1.82, 2.24) is 19.8 Å². The van der Waals surface area contributed by atoms with E-state index < -0.39 is 0 Å². The van der Waals surface area contributed by atoms with Gasteiger partial charge in [-0.15, -0.1) is 0 Å². The summed E-state index contributed by atoms with van der Waals surface area (Å²) in [6, 6.07) is 3.73. The fourth-order valence-electron chi connectivity index (χ4n) is 4.50. The third-order valence-electron chi connectivity index (χ3n) is 5.91. The summed E-state index contributed by atoms with van der Waals surface area (Å²) in [5, 5.41) is 8.85. The first kappa shape index (κ1) is 17.3. The van der Waals surface area contributed by atoms with Gasteiger partial charge in [0.1, 0.15) is 11.5 Å². The van der Waals surface area contributed by atoms with Gasteiger partial charge in [0, 0.05) is 24.7 Å². The highest BCUT2D eigenvalue weighted by atomic mass is 16.5. The highest BCUT2D eigenvalue weighted by Crippen LogP contribution is 2.28. The molecular formula is C21H24N4O3. The maximum absolute atomic E-state index is 13.4. The van der Waals surface area contributed by atoms with E-state index in [1.165, 1.54) is 11.3 Å². The van der Waals surface area contributed by atoms with Crippen molar-refractivity contribution in [1.29, 1.82) is 0 Å². The Kier molecular flexibility index (Phi) is 4.30. The van der Waals surface area contributed by atoms with Gasteiger partial charge in [0.2, 0.25) is 0 Å². The molecule has 7 nitrogen and oxygen atoms in total. The standard InChI is InChI=1S/C21H24N4O3/c1-24-18-9-4-8-15(18)17(22-24)13-25(12-14-6-5-11-27-14)21(26)20-16-7-2-3-10-19(16)28-23-20/h5-6,11H,2-4,7-10,12-13H2,1H3. The SMILES string of the molecule is Cn1nc(CN(Cc2ccco2)C(=O)c2noc3c2CCCC3)c2c1CCC2. The van der Waals surface area contributed by atoms with Crippen molar-refractivity contribution < 1.29 is 13.7 Å². The first-order chi connectivity index (χ1) is 13.7. The van der Waals surface area contributed by atoms with Crippen LogP contribution in [-0.2, 0) is 45.8 Å². The van der Waals surface area contributed by atoms with Crippen LogP contribution >= 0.6 is 0 Å². The van der Waals surface area contributed by atoms with Crippen LogP contribution in [0.15, 0.2) is 27.3 Å². The molecule has 3 heterocycles. The van der Waals surface area contributed by atoms with Crippen molar-refractivity contribution in [3.05, 3.63) is 58.1 Å². The van der Waals surface area contributed by atoms with Crippen LogP contribution in [-0.4, -0.2) is 25.7 Å². The maximum Gasteiger partial charge on any atom is 0.277 e. The van der Waals surface area contributed by atoms with Crippen molar-refractivity contribution in [2.45, 2.75) is 58.0 Å². The lowest BCUT2D eigenvalue weighted by molar-refractivity contribution is 0.0703. The molecule has 0 fully saturated rings. The van der Waals surface area contributed by atoms with Gasteiger partial charge >= 0.3 is 0 Å². The molecule has 3 aromatic rings. The summed E-state index contributed by atoms with van der Waals surface area (Å²) in [6.07, 6.45) is 8.75. The average Bonchev–Trinajstić information content (AvgIpc) is 3.48. The van der Waals surface area contributed by atoms with Gasteiger partial charge in [-0.1, -0.05) is 5.16 Å². The zero-order chi connectivity index (χ0) is 19.1. The van der Waals surface area contributed by atoms with Crippen LogP contribution in [0.25, 0.3) is 0 Å². The van der Waals surface area contributed by atoms with Crippen molar-refractivity contribution in [3.8, 4) is 0 Å². The molecule has 0 saturated heterocycles. The van der Waals surface area contributed by atoms with E-state index in [2.05, 4.69) is 5.16 Å². The van der Waals surface area contributed by atoms with Crippen molar-refractivity contribution in [3.63, 3.8) is 0 Å². The molecule has 0 saturated carbocycles. The molecule has 146 valence electrons. The summed E-state index contributed by atoms with van der Waals surface area (Å²) >= 11 is 0. The minimum atomic E-state index is -0.110. The first-order valence-corrected chi connectivity index (χ1v) is 10.0. The number of nitrogens with zero attached hydrogens (tertiary/aromatic N) is 4. The fraction of sp³-hybridized carbons (Fsp3) is 0.476. The Hall–Kier alpha value is -2.83. The van der Waals surface area contributed by atoms with Gasteiger partial charge < -0.3 is 13.8 Å². The number of furan rings is 1. The number of aromatic nitrogens is 3. The van der Waals surface area contributed by atoms with Gasteiger partial charge in [-0.05, 0) is 56.2 Å². The molecule has 0 spiro atoms. The van der Waals surface area contributed by atoms with Crippen molar-refractivity contribution in [2.75, 3.05) is 0 Å². The van der Waals surface area contributed by atoms with Gasteiger partial charge in [-0.25, -0.2) is 0 Å². The minimum absolute atomic E-state index is 0.110. The molecular weight excluding hydrogens is 356 g/mol. The molecule has 0 atom stereocenters. The number of hydrogen-bond acceptors (Lipinski definition) is 5. The Labute approximate surface area is 163 Å². The lowest BCUT2D eigenvalue weighted by Crippen LogP contribution is -2.31. The molecule has 0 radical (unpaired) electrons. The van der Waals surface area contributed by atoms with Crippen LogP contribution in [0.1, 0.15) is 63.8 Å². The van der Waals surface area contributed by atoms with Crippen LogP contribution in [0.4, 0.5) is 0 Å². The molecule has 2 aliphatic rings. The second-order valence-corrected chi connectivity index (χ2v) is 7.73. The number of amides is 1. The van der Waals surface area contributed by atoms with Gasteiger partial charge in [-0.2, -0.15) is 5.10 Å². The second-order valence-electron chi connectivity index (χ2n) is 7.73. The first-order valence-electron chi connectivity index (χ1n) is 10.0. The second kappa shape index (κ2) is 6.96. The summed E-state index contributed by atoms with van der Waals surface area (Å²) < 4.78 is 13.0. The van der Waals surface area contributed by atoms with E-state index in [0.29, 0.717) is 18.8 Å². The predicted octanol–water partition coefficient (Wildman–Crippen LogP) is 3.21. The molecule has 0 aromatic carbocycles. The monoisotopic (exact) mass is 380 g/mol. The van der Waals surface area contributed by atoms with Crippen LogP contribution in [0.3, 0.4) is 0 Å². The Morgan fingerprint density at radius 1 is 1.14 bits per heavy atom. The highest BCUT2D eigenvalue weighted by Gasteiger charge is 2.30. The normalized spacial score (nSPS) is 15.5. The van der Waals surface area contributed by atoms with E-state index in [1.54, 1.807) is 11.2 Å². The van der Waals surface area contributed by atoms with Gasteiger partial charge in [0.05, 0.1) is 25.0 Å². The largest absolute Gasteiger partial charge is 0.467 e. The molecule has 1 amide bonds. The van der Waals surface area contributed by atoms with Crippen molar-refractivity contribution in [2.24, 2.45) is 7.05 Å². The summed E-state index contributed by atoms with van der Waals surface area (Å²) in [5.74, 6) is 1.50. The number of fused-ring (bicyclic) bond motifs is 2. The zero-order valence-electron chi connectivity index (χ0n) is 16.1. The lowest BCUT2D eigenvalue weighted by atomic mass is 9.96. The number of carbonyl (C=O) groups is 1. The third kappa shape index (κ3) is 2.95. The topological polar surface area (TPSA) is 77.3 Å². The summed E-state index contributed by atoms with van der Waals surface area (Å²) in [6.45, 7) is 0.836. The van der Waals surface area contributed by atoms with Crippen LogP contribution in [0.5, 0.6) is 0 Å². The quantitative estimate of drug-likeness (QED) is 0.679. The van der Waals surface area contributed by atoms with Gasteiger partial charge in [0.25, 0.3) is 5.91 Å². The molecule has 7 heteroatoms. The average molecular weight is 380 g/mol. The number of rotatable bonds is 5. The fourth-order valence-corrected chi connectivity index (χ4v) is 4.50. The van der Waals surface area contributed by atoms with E-state index in [0.717, 1.165) is 67.7 Å². The molecule has 0 unspecified atom stereocenters. The summed E-state index contributed by atoms with van der Waals surface area (Å²) in [4.78, 5) is 15.2.